The van der Waals surface area contributed by atoms with Gasteiger partial charge in [0, 0.05) is 5.56 Å². The maximum absolute atomic E-state index is 8.57. The van der Waals surface area contributed by atoms with Gasteiger partial charge in [0.25, 0.3) is 0 Å². The first-order valence-corrected chi connectivity index (χ1v) is 5.98. The maximum atomic E-state index is 8.57. The summed E-state index contributed by atoms with van der Waals surface area (Å²) >= 11 is 0. The number of rotatable bonds is 7. The van der Waals surface area contributed by atoms with Crippen molar-refractivity contribution < 1.29 is 9.94 Å². The molecule has 0 amide bonds. The second kappa shape index (κ2) is 7.54. The molecule has 17 heavy (non-hydrogen) atoms. The van der Waals surface area contributed by atoms with Crippen LogP contribution in [-0.4, -0.2) is 17.6 Å². The number of nitrogens with two attached hydrogens (primary N) is 1. The van der Waals surface area contributed by atoms with Crippen LogP contribution in [0.3, 0.4) is 0 Å². The summed E-state index contributed by atoms with van der Waals surface area (Å²) in [5, 5.41) is 11.5. The van der Waals surface area contributed by atoms with E-state index < -0.39 is 0 Å². The van der Waals surface area contributed by atoms with Gasteiger partial charge in [0.1, 0.15) is 5.75 Å². The predicted octanol–water partition coefficient (Wildman–Crippen LogP) is 2.74. The maximum Gasteiger partial charge on any atom is 0.170 e. The van der Waals surface area contributed by atoms with Crippen LogP contribution in [0.5, 0.6) is 5.75 Å². The van der Waals surface area contributed by atoms with Crippen molar-refractivity contribution in [2.75, 3.05) is 6.61 Å². The second-order valence-electron chi connectivity index (χ2n) is 3.92. The SMILES string of the molecule is CCCCCCOc1cccc(/C(N)=N/O)c1. The highest BCUT2D eigenvalue weighted by Crippen LogP contribution is 2.13. The first kappa shape index (κ1) is 13.4. The molecular weight excluding hydrogens is 216 g/mol. The monoisotopic (exact) mass is 236 g/mol. The molecule has 1 rings (SSSR count). The first-order valence-electron chi connectivity index (χ1n) is 5.98. The fourth-order valence-electron chi connectivity index (χ4n) is 1.52. The van der Waals surface area contributed by atoms with Crippen molar-refractivity contribution in [2.24, 2.45) is 10.9 Å². The Morgan fingerprint density at radius 3 is 2.88 bits per heavy atom. The summed E-state index contributed by atoms with van der Waals surface area (Å²) in [5.74, 6) is 0.854. The fraction of sp³-hybridized carbons (Fsp3) is 0.462. The predicted molar refractivity (Wildman–Crippen MR) is 68.6 cm³/mol. The summed E-state index contributed by atoms with van der Waals surface area (Å²) in [5.41, 5.74) is 6.17. The van der Waals surface area contributed by atoms with E-state index in [1.807, 2.05) is 12.1 Å². The van der Waals surface area contributed by atoms with Crippen LogP contribution in [-0.2, 0) is 0 Å². The highest BCUT2D eigenvalue weighted by atomic mass is 16.5. The van der Waals surface area contributed by atoms with Gasteiger partial charge in [-0.05, 0) is 18.6 Å². The second-order valence-corrected chi connectivity index (χ2v) is 3.92. The first-order chi connectivity index (χ1) is 8.27. The number of benzene rings is 1. The molecule has 0 aliphatic carbocycles. The van der Waals surface area contributed by atoms with Gasteiger partial charge in [-0.25, -0.2) is 0 Å². The minimum Gasteiger partial charge on any atom is -0.494 e. The molecule has 0 saturated heterocycles. The van der Waals surface area contributed by atoms with Gasteiger partial charge in [-0.15, -0.1) is 0 Å². The molecule has 94 valence electrons. The minimum absolute atomic E-state index is 0.0985. The number of ether oxygens (including phenoxy) is 1. The van der Waals surface area contributed by atoms with Gasteiger partial charge < -0.3 is 15.7 Å². The molecule has 0 radical (unpaired) electrons. The lowest BCUT2D eigenvalue weighted by atomic mass is 10.2. The number of hydrogen-bond donors (Lipinski definition) is 2. The van der Waals surface area contributed by atoms with E-state index in [-0.39, 0.29) is 5.84 Å². The Morgan fingerprint density at radius 1 is 1.35 bits per heavy atom. The van der Waals surface area contributed by atoms with Crippen LogP contribution in [0.4, 0.5) is 0 Å². The van der Waals surface area contributed by atoms with E-state index in [0.29, 0.717) is 12.2 Å². The molecule has 0 atom stereocenters. The normalized spacial score (nSPS) is 11.5. The van der Waals surface area contributed by atoms with E-state index in [1.165, 1.54) is 19.3 Å². The molecule has 0 bridgehead atoms. The number of oxime groups is 1. The third-order valence-electron chi connectivity index (χ3n) is 2.50. The summed E-state index contributed by atoms with van der Waals surface area (Å²) < 4.78 is 5.60. The Morgan fingerprint density at radius 2 is 2.18 bits per heavy atom. The van der Waals surface area contributed by atoms with Crippen molar-refractivity contribution in [1.82, 2.24) is 0 Å². The Bertz CT molecular complexity index is 364. The van der Waals surface area contributed by atoms with Gasteiger partial charge in [0.2, 0.25) is 0 Å². The molecule has 4 nitrogen and oxygen atoms in total. The van der Waals surface area contributed by atoms with E-state index in [4.69, 9.17) is 15.7 Å². The molecule has 0 aromatic heterocycles. The molecule has 0 saturated carbocycles. The zero-order valence-corrected chi connectivity index (χ0v) is 10.2. The van der Waals surface area contributed by atoms with Crippen LogP contribution >= 0.6 is 0 Å². The van der Waals surface area contributed by atoms with Crippen molar-refractivity contribution in [3.8, 4) is 5.75 Å². The number of amidine groups is 1. The van der Waals surface area contributed by atoms with Gasteiger partial charge >= 0.3 is 0 Å². The summed E-state index contributed by atoms with van der Waals surface area (Å²) in [6.45, 7) is 2.89. The average Bonchev–Trinajstić information content (AvgIpc) is 2.38. The molecule has 0 aliphatic rings. The third-order valence-corrected chi connectivity index (χ3v) is 2.50. The number of nitrogens with zero attached hydrogens (tertiary/aromatic N) is 1. The molecule has 1 aromatic carbocycles. The van der Waals surface area contributed by atoms with Crippen molar-refractivity contribution in [2.45, 2.75) is 32.6 Å². The van der Waals surface area contributed by atoms with Crippen LogP contribution in [0.15, 0.2) is 29.4 Å². The molecule has 0 heterocycles. The van der Waals surface area contributed by atoms with Gasteiger partial charge in [0.05, 0.1) is 6.61 Å². The summed E-state index contributed by atoms with van der Waals surface area (Å²) in [6, 6.07) is 7.25. The number of hydrogen-bond acceptors (Lipinski definition) is 3. The van der Waals surface area contributed by atoms with Crippen LogP contribution in [0.25, 0.3) is 0 Å². The van der Waals surface area contributed by atoms with Crippen molar-refractivity contribution >= 4 is 5.84 Å². The standard InChI is InChI=1S/C13H20N2O2/c1-2-3-4-5-9-17-12-8-6-7-11(10-12)13(14)15-16/h6-8,10,16H,2-5,9H2,1H3,(H2,14,15). The van der Waals surface area contributed by atoms with E-state index in [1.54, 1.807) is 12.1 Å². The third kappa shape index (κ3) is 4.76. The van der Waals surface area contributed by atoms with Gasteiger partial charge in [-0.2, -0.15) is 0 Å². The van der Waals surface area contributed by atoms with E-state index in [2.05, 4.69) is 12.1 Å². The summed E-state index contributed by atoms with van der Waals surface area (Å²) in [6.07, 6.45) is 4.71. The lowest BCUT2D eigenvalue weighted by Gasteiger charge is -2.07. The lowest BCUT2D eigenvalue weighted by molar-refractivity contribution is 0.305. The fourth-order valence-corrected chi connectivity index (χ4v) is 1.52. The molecule has 0 aliphatic heterocycles. The van der Waals surface area contributed by atoms with E-state index >= 15 is 0 Å². The summed E-state index contributed by atoms with van der Waals surface area (Å²) in [4.78, 5) is 0. The van der Waals surface area contributed by atoms with E-state index in [0.717, 1.165) is 12.2 Å². The smallest absolute Gasteiger partial charge is 0.170 e. The lowest BCUT2D eigenvalue weighted by Crippen LogP contribution is -2.13. The number of unbranched alkanes of at least 4 members (excludes halogenated alkanes) is 3. The highest BCUT2D eigenvalue weighted by Gasteiger charge is 2.01. The van der Waals surface area contributed by atoms with Gasteiger partial charge in [0.15, 0.2) is 5.84 Å². The Labute approximate surface area is 102 Å². The molecule has 1 aromatic rings. The minimum atomic E-state index is 0.0985. The van der Waals surface area contributed by atoms with Crippen molar-refractivity contribution in [1.29, 1.82) is 0 Å². The van der Waals surface area contributed by atoms with Crippen LogP contribution in [0, 0.1) is 0 Å². The quantitative estimate of drug-likeness (QED) is 0.251. The van der Waals surface area contributed by atoms with Crippen LogP contribution < -0.4 is 10.5 Å². The molecule has 0 spiro atoms. The zero-order chi connectivity index (χ0) is 12.5. The highest BCUT2D eigenvalue weighted by molar-refractivity contribution is 5.97. The average molecular weight is 236 g/mol. The largest absolute Gasteiger partial charge is 0.494 e. The molecule has 4 heteroatoms. The topological polar surface area (TPSA) is 67.8 Å². The van der Waals surface area contributed by atoms with Gasteiger partial charge in [-0.3, -0.25) is 0 Å². The Kier molecular flexibility index (Phi) is 5.93. The Hall–Kier alpha value is -1.71. The molecule has 0 fully saturated rings. The Balaban J connectivity index is 2.43. The van der Waals surface area contributed by atoms with Crippen molar-refractivity contribution in [3.05, 3.63) is 29.8 Å². The molecule has 3 N–H and O–H groups in total. The van der Waals surface area contributed by atoms with Crippen LogP contribution in [0.1, 0.15) is 38.2 Å². The van der Waals surface area contributed by atoms with Crippen LogP contribution in [0.2, 0.25) is 0 Å². The zero-order valence-electron chi connectivity index (χ0n) is 10.2. The molecule has 0 unspecified atom stereocenters. The van der Waals surface area contributed by atoms with Gasteiger partial charge in [-0.1, -0.05) is 43.5 Å². The summed E-state index contributed by atoms with van der Waals surface area (Å²) in [7, 11) is 0. The van der Waals surface area contributed by atoms with Crippen molar-refractivity contribution in [3.63, 3.8) is 0 Å². The molecular formula is C13H20N2O2. The van der Waals surface area contributed by atoms with E-state index in [9.17, 15) is 0 Å².